The number of urea groups is 1. The SMILES string of the molecule is Nc1cc(N2CCC3(C2)NC(=O)NC3=O)nc2c(-c3cnc4ccccc4c3)cnn12. The van der Waals surface area contributed by atoms with Gasteiger partial charge in [-0.1, -0.05) is 18.2 Å². The molecule has 1 atom stereocenters. The standard InChI is InChI=1S/C21H18N8O2/c22-16-8-17(28-6-5-21(11-28)19(30)26-20(31)27-21)25-18-14(10-24-29(16)18)13-7-12-3-1-2-4-15(12)23-9-13/h1-4,7-10H,5-6,11,22H2,(H2,26,27,30,31). The summed E-state index contributed by atoms with van der Waals surface area (Å²) in [5.74, 6) is 0.758. The third kappa shape index (κ3) is 2.61. The average molecular weight is 414 g/mol. The topological polar surface area (TPSA) is 131 Å². The summed E-state index contributed by atoms with van der Waals surface area (Å²) >= 11 is 0. The summed E-state index contributed by atoms with van der Waals surface area (Å²) in [6, 6.07) is 11.2. The molecule has 2 aliphatic heterocycles. The van der Waals surface area contributed by atoms with Crippen LogP contribution in [0.2, 0.25) is 0 Å². The quantitative estimate of drug-likeness (QED) is 0.422. The van der Waals surface area contributed by atoms with Crippen molar-refractivity contribution in [1.82, 2.24) is 30.2 Å². The van der Waals surface area contributed by atoms with Crippen molar-refractivity contribution < 1.29 is 9.59 Å². The fourth-order valence-corrected chi connectivity index (χ4v) is 4.38. The minimum absolute atomic E-state index is 0.304. The second-order valence-corrected chi connectivity index (χ2v) is 7.91. The zero-order valence-electron chi connectivity index (χ0n) is 16.4. The molecule has 5 heterocycles. The smallest absolute Gasteiger partial charge is 0.322 e. The Hall–Kier alpha value is -4.21. The van der Waals surface area contributed by atoms with Crippen molar-refractivity contribution in [3.05, 3.63) is 48.8 Å². The van der Waals surface area contributed by atoms with Crippen LogP contribution in [0, 0.1) is 0 Å². The zero-order chi connectivity index (χ0) is 21.2. The second kappa shape index (κ2) is 6.14. The molecule has 10 heteroatoms. The summed E-state index contributed by atoms with van der Waals surface area (Å²) in [6.07, 6.45) is 4.02. The van der Waals surface area contributed by atoms with Gasteiger partial charge >= 0.3 is 6.03 Å². The lowest BCUT2D eigenvalue weighted by Crippen LogP contribution is -2.49. The minimum Gasteiger partial charge on any atom is -0.383 e. The Bertz CT molecular complexity index is 1400. The Morgan fingerprint density at radius 2 is 2.00 bits per heavy atom. The largest absolute Gasteiger partial charge is 0.383 e. The number of imide groups is 1. The number of nitrogens with two attached hydrogens (primary N) is 1. The van der Waals surface area contributed by atoms with Gasteiger partial charge in [0.05, 0.1) is 18.3 Å². The van der Waals surface area contributed by atoms with E-state index in [4.69, 9.17) is 10.7 Å². The van der Waals surface area contributed by atoms with E-state index >= 15 is 0 Å². The predicted molar refractivity (Wildman–Crippen MR) is 114 cm³/mol. The number of nitrogens with one attached hydrogen (secondary N) is 2. The van der Waals surface area contributed by atoms with Crippen molar-refractivity contribution in [2.24, 2.45) is 0 Å². The number of amides is 3. The van der Waals surface area contributed by atoms with E-state index in [9.17, 15) is 9.59 Å². The Balaban J connectivity index is 1.42. The number of carbonyl (C=O) groups excluding carboxylic acids is 2. The van der Waals surface area contributed by atoms with E-state index < -0.39 is 11.6 Å². The molecular weight excluding hydrogens is 396 g/mol. The first-order valence-corrected chi connectivity index (χ1v) is 9.90. The third-order valence-corrected chi connectivity index (χ3v) is 6.00. The monoisotopic (exact) mass is 414 g/mol. The molecule has 6 rings (SSSR count). The first-order valence-electron chi connectivity index (χ1n) is 9.90. The van der Waals surface area contributed by atoms with E-state index in [1.54, 1.807) is 23.0 Å². The Morgan fingerprint density at radius 1 is 1.13 bits per heavy atom. The van der Waals surface area contributed by atoms with Crippen LogP contribution in [-0.4, -0.2) is 50.1 Å². The summed E-state index contributed by atoms with van der Waals surface area (Å²) in [5.41, 5.74) is 8.56. The van der Waals surface area contributed by atoms with Gasteiger partial charge in [0.1, 0.15) is 17.2 Å². The highest BCUT2D eigenvalue weighted by Crippen LogP contribution is 2.32. The molecule has 10 nitrogen and oxygen atoms in total. The molecule has 4 N–H and O–H groups in total. The maximum atomic E-state index is 12.3. The molecular formula is C21H18N8O2. The van der Waals surface area contributed by atoms with E-state index in [1.807, 2.05) is 35.2 Å². The van der Waals surface area contributed by atoms with Crippen LogP contribution in [0.1, 0.15) is 6.42 Å². The molecule has 0 aliphatic carbocycles. The molecule has 2 fully saturated rings. The first kappa shape index (κ1) is 17.6. The Morgan fingerprint density at radius 3 is 2.84 bits per heavy atom. The van der Waals surface area contributed by atoms with Gasteiger partial charge in [0.25, 0.3) is 5.91 Å². The highest BCUT2D eigenvalue weighted by molar-refractivity contribution is 6.07. The predicted octanol–water partition coefficient (Wildman–Crippen LogP) is 1.31. The fraction of sp³-hybridized carbons (Fsp3) is 0.190. The summed E-state index contributed by atoms with van der Waals surface area (Å²) < 4.78 is 1.59. The maximum Gasteiger partial charge on any atom is 0.322 e. The third-order valence-electron chi connectivity index (χ3n) is 6.00. The molecule has 154 valence electrons. The molecule has 4 aromatic rings. The van der Waals surface area contributed by atoms with Gasteiger partial charge in [-0.2, -0.15) is 9.61 Å². The Labute approximate surface area is 176 Å². The molecule has 3 amide bonds. The van der Waals surface area contributed by atoms with Crippen molar-refractivity contribution in [3.8, 4) is 11.1 Å². The number of hydrogen-bond acceptors (Lipinski definition) is 7. The molecule has 1 unspecified atom stereocenters. The number of hydrogen-bond donors (Lipinski definition) is 3. The number of carbonyl (C=O) groups is 2. The molecule has 1 spiro atoms. The van der Waals surface area contributed by atoms with E-state index in [0.29, 0.717) is 36.8 Å². The number of benzene rings is 1. The van der Waals surface area contributed by atoms with Crippen LogP contribution in [0.5, 0.6) is 0 Å². The van der Waals surface area contributed by atoms with Crippen LogP contribution < -0.4 is 21.3 Å². The lowest BCUT2D eigenvalue weighted by molar-refractivity contribution is -0.123. The van der Waals surface area contributed by atoms with Crippen molar-refractivity contribution in [2.75, 3.05) is 23.7 Å². The lowest BCUT2D eigenvalue weighted by atomic mass is 10.00. The van der Waals surface area contributed by atoms with E-state index in [1.165, 1.54) is 0 Å². The van der Waals surface area contributed by atoms with Crippen LogP contribution >= 0.6 is 0 Å². The number of nitrogens with zero attached hydrogens (tertiary/aromatic N) is 5. The lowest BCUT2D eigenvalue weighted by Gasteiger charge is -2.22. The van der Waals surface area contributed by atoms with Gasteiger partial charge in [0, 0.05) is 35.3 Å². The zero-order valence-corrected chi connectivity index (χ0v) is 16.4. The number of fused-ring (bicyclic) bond motifs is 2. The highest BCUT2D eigenvalue weighted by atomic mass is 16.2. The van der Waals surface area contributed by atoms with E-state index in [2.05, 4.69) is 20.7 Å². The molecule has 1 aromatic carbocycles. The van der Waals surface area contributed by atoms with Crippen LogP contribution in [-0.2, 0) is 4.79 Å². The number of pyridine rings is 1. The molecule has 3 aromatic heterocycles. The van der Waals surface area contributed by atoms with Crippen LogP contribution in [0.3, 0.4) is 0 Å². The summed E-state index contributed by atoms with van der Waals surface area (Å²) in [4.78, 5) is 35.2. The minimum atomic E-state index is -0.926. The molecule has 31 heavy (non-hydrogen) atoms. The van der Waals surface area contributed by atoms with Crippen molar-refractivity contribution >= 4 is 40.1 Å². The number of anilines is 2. The van der Waals surface area contributed by atoms with Crippen molar-refractivity contribution in [3.63, 3.8) is 0 Å². The maximum absolute atomic E-state index is 12.3. The average Bonchev–Trinajstić information content (AvgIpc) is 3.45. The number of para-hydroxylation sites is 1. The van der Waals surface area contributed by atoms with Gasteiger partial charge in [0.2, 0.25) is 0 Å². The van der Waals surface area contributed by atoms with Crippen LogP contribution in [0.15, 0.2) is 48.8 Å². The van der Waals surface area contributed by atoms with Gasteiger partial charge in [-0.25, -0.2) is 9.78 Å². The van der Waals surface area contributed by atoms with Gasteiger partial charge in [0.15, 0.2) is 5.65 Å². The van der Waals surface area contributed by atoms with E-state index in [0.717, 1.165) is 22.0 Å². The molecule has 0 bridgehead atoms. The van der Waals surface area contributed by atoms with Gasteiger partial charge in [-0.3, -0.25) is 15.1 Å². The van der Waals surface area contributed by atoms with Gasteiger partial charge < -0.3 is 16.0 Å². The summed E-state index contributed by atoms with van der Waals surface area (Å²) in [7, 11) is 0. The van der Waals surface area contributed by atoms with Gasteiger partial charge in [-0.05, 0) is 18.6 Å². The molecule has 2 saturated heterocycles. The van der Waals surface area contributed by atoms with Crippen LogP contribution in [0.25, 0.3) is 27.7 Å². The highest BCUT2D eigenvalue weighted by Gasteiger charge is 2.51. The number of rotatable bonds is 2. The molecule has 2 aliphatic rings. The van der Waals surface area contributed by atoms with Crippen molar-refractivity contribution in [2.45, 2.75) is 12.0 Å². The van der Waals surface area contributed by atoms with E-state index in [-0.39, 0.29) is 5.91 Å². The van der Waals surface area contributed by atoms with Gasteiger partial charge in [-0.15, -0.1) is 0 Å². The summed E-state index contributed by atoms with van der Waals surface area (Å²) in [5, 5.41) is 10.5. The second-order valence-electron chi connectivity index (χ2n) is 7.91. The molecule has 0 saturated carbocycles. The normalized spacial score (nSPS) is 20.7. The van der Waals surface area contributed by atoms with Crippen molar-refractivity contribution in [1.29, 1.82) is 0 Å². The summed E-state index contributed by atoms with van der Waals surface area (Å²) in [6.45, 7) is 0.894. The Kier molecular flexibility index (Phi) is 3.49. The molecule has 0 radical (unpaired) electrons. The number of aromatic nitrogens is 4. The first-order chi connectivity index (χ1) is 15.0. The fourth-order valence-electron chi connectivity index (χ4n) is 4.38. The number of nitrogen functional groups attached to an aromatic ring is 1. The van der Waals surface area contributed by atoms with Crippen LogP contribution in [0.4, 0.5) is 16.4 Å².